The summed E-state index contributed by atoms with van der Waals surface area (Å²) in [7, 11) is 0. The molecule has 1 aliphatic rings. The van der Waals surface area contributed by atoms with E-state index in [1.54, 1.807) is 67.6 Å². The monoisotopic (exact) mass is 356 g/mol. The van der Waals surface area contributed by atoms with Crippen molar-refractivity contribution in [3.8, 4) is 0 Å². The minimum absolute atomic E-state index is 0.0235. The SMILES string of the molecule is C[C@H]1O[C@@H](O)C[C@H](OC(=O)c2ccccc2)[C@@H]1OC(=O)c1ccccc1. The maximum atomic E-state index is 12.4. The first-order chi connectivity index (χ1) is 12.5. The molecule has 1 fully saturated rings. The second kappa shape index (κ2) is 8.12. The van der Waals surface area contributed by atoms with Gasteiger partial charge in [0.25, 0.3) is 0 Å². The van der Waals surface area contributed by atoms with Gasteiger partial charge >= 0.3 is 11.9 Å². The molecule has 1 aliphatic heterocycles. The Bertz CT molecular complexity index is 745. The molecule has 3 rings (SSSR count). The highest BCUT2D eigenvalue weighted by Crippen LogP contribution is 2.26. The highest BCUT2D eigenvalue weighted by molar-refractivity contribution is 5.90. The molecule has 4 atom stereocenters. The number of esters is 2. The molecular weight excluding hydrogens is 336 g/mol. The Hall–Kier alpha value is -2.70. The van der Waals surface area contributed by atoms with Gasteiger partial charge in [-0.2, -0.15) is 0 Å². The molecule has 0 saturated carbocycles. The molecule has 1 heterocycles. The summed E-state index contributed by atoms with van der Waals surface area (Å²) >= 11 is 0. The fraction of sp³-hybridized carbons (Fsp3) is 0.300. The predicted octanol–water partition coefficient (Wildman–Crippen LogP) is 2.56. The first-order valence-corrected chi connectivity index (χ1v) is 8.40. The first-order valence-electron chi connectivity index (χ1n) is 8.40. The lowest BCUT2D eigenvalue weighted by atomic mass is 10.0. The van der Waals surface area contributed by atoms with Crippen molar-refractivity contribution in [1.29, 1.82) is 0 Å². The van der Waals surface area contributed by atoms with Gasteiger partial charge in [0.15, 0.2) is 12.4 Å². The Morgan fingerprint density at radius 3 is 1.96 bits per heavy atom. The number of rotatable bonds is 4. The van der Waals surface area contributed by atoms with E-state index in [1.165, 1.54) is 0 Å². The number of aliphatic hydroxyl groups excluding tert-OH is 1. The van der Waals surface area contributed by atoms with E-state index in [0.29, 0.717) is 11.1 Å². The number of carbonyl (C=O) groups is 2. The van der Waals surface area contributed by atoms with Crippen LogP contribution in [0.3, 0.4) is 0 Å². The Morgan fingerprint density at radius 2 is 1.42 bits per heavy atom. The third kappa shape index (κ3) is 4.28. The fourth-order valence-corrected chi connectivity index (χ4v) is 2.85. The lowest BCUT2D eigenvalue weighted by molar-refractivity contribution is -0.226. The zero-order chi connectivity index (χ0) is 18.5. The summed E-state index contributed by atoms with van der Waals surface area (Å²) in [6.45, 7) is 1.66. The summed E-state index contributed by atoms with van der Waals surface area (Å²) < 4.78 is 16.4. The molecule has 0 unspecified atom stereocenters. The molecule has 0 spiro atoms. The van der Waals surface area contributed by atoms with Crippen LogP contribution in [0.15, 0.2) is 60.7 Å². The van der Waals surface area contributed by atoms with Crippen molar-refractivity contribution < 1.29 is 28.9 Å². The molecule has 26 heavy (non-hydrogen) atoms. The second-order valence-corrected chi connectivity index (χ2v) is 6.08. The van der Waals surface area contributed by atoms with Gasteiger partial charge in [-0.15, -0.1) is 0 Å². The maximum Gasteiger partial charge on any atom is 0.338 e. The number of aliphatic hydroxyl groups is 1. The van der Waals surface area contributed by atoms with E-state index in [-0.39, 0.29) is 6.42 Å². The van der Waals surface area contributed by atoms with Crippen molar-refractivity contribution >= 4 is 11.9 Å². The average molecular weight is 356 g/mol. The van der Waals surface area contributed by atoms with E-state index in [9.17, 15) is 14.7 Å². The summed E-state index contributed by atoms with van der Waals surface area (Å²) in [5.41, 5.74) is 0.772. The summed E-state index contributed by atoms with van der Waals surface area (Å²) in [5.74, 6) is -1.08. The van der Waals surface area contributed by atoms with E-state index < -0.39 is 36.5 Å². The van der Waals surface area contributed by atoms with Gasteiger partial charge in [-0.25, -0.2) is 9.59 Å². The summed E-state index contributed by atoms with van der Waals surface area (Å²) in [5, 5.41) is 9.85. The fourth-order valence-electron chi connectivity index (χ4n) is 2.85. The summed E-state index contributed by atoms with van der Waals surface area (Å²) in [6, 6.07) is 17.0. The van der Waals surface area contributed by atoms with Crippen LogP contribution in [0.5, 0.6) is 0 Å². The van der Waals surface area contributed by atoms with Crippen LogP contribution in [0.4, 0.5) is 0 Å². The Labute approximate surface area is 151 Å². The molecule has 0 aromatic heterocycles. The Morgan fingerprint density at radius 1 is 0.923 bits per heavy atom. The molecule has 0 aliphatic carbocycles. The Balaban J connectivity index is 1.74. The van der Waals surface area contributed by atoms with Gasteiger partial charge < -0.3 is 19.3 Å². The van der Waals surface area contributed by atoms with E-state index in [2.05, 4.69) is 0 Å². The van der Waals surface area contributed by atoms with Crippen LogP contribution < -0.4 is 0 Å². The molecule has 6 nitrogen and oxygen atoms in total. The van der Waals surface area contributed by atoms with Crippen LogP contribution in [-0.4, -0.2) is 41.6 Å². The summed E-state index contributed by atoms with van der Waals surface area (Å²) in [6.07, 6.45) is -3.33. The van der Waals surface area contributed by atoms with Gasteiger partial charge in [-0.05, 0) is 31.2 Å². The topological polar surface area (TPSA) is 82.1 Å². The maximum absolute atomic E-state index is 12.4. The van der Waals surface area contributed by atoms with E-state index in [0.717, 1.165) is 0 Å². The number of ether oxygens (including phenoxy) is 3. The largest absolute Gasteiger partial charge is 0.455 e. The highest BCUT2D eigenvalue weighted by atomic mass is 16.7. The molecule has 6 heteroatoms. The summed E-state index contributed by atoms with van der Waals surface area (Å²) in [4.78, 5) is 24.7. The van der Waals surface area contributed by atoms with Crippen LogP contribution in [0.2, 0.25) is 0 Å². The highest BCUT2D eigenvalue weighted by Gasteiger charge is 2.41. The Kier molecular flexibility index (Phi) is 5.65. The standard InChI is InChI=1S/C20H20O6/c1-13-18(26-20(23)15-10-6-3-7-11-15)16(12-17(21)24-13)25-19(22)14-8-4-2-5-9-14/h2-11,13,16-18,21H,12H2,1H3/t13-,16+,17-,18-/m1/s1. The minimum atomic E-state index is -1.09. The van der Waals surface area contributed by atoms with Crippen molar-refractivity contribution in [2.45, 2.75) is 37.9 Å². The van der Waals surface area contributed by atoms with Crippen molar-refractivity contribution in [3.05, 3.63) is 71.8 Å². The number of hydrogen-bond donors (Lipinski definition) is 1. The lowest BCUT2D eigenvalue weighted by Crippen LogP contribution is -2.51. The first kappa shape index (κ1) is 18.1. The molecule has 2 aromatic carbocycles. The van der Waals surface area contributed by atoms with Gasteiger partial charge in [-0.1, -0.05) is 36.4 Å². The predicted molar refractivity (Wildman–Crippen MR) is 92.5 cm³/mol. The van der Waals surface area contributed by atoms with Gasteiger partial charge in [0.05, 0.1) is 17.2 Å². The molecule has 0 bridgehead atoms. The second-order valence-electron chi connectivity index (χ2n) is 6.08. The van der Waals surface area contributed by atoms with Crippen LogP contribution in [0.25, 0.3) is 0 Å². The molecular formula is C20H20O6. The van der Waals surface area contributed by atoms with Crippen LogP contribution in [0, 0.1) is 0 Å². The van der Waals surface area contributed by atoms with Gasteiger partial charge in [0.1, 0.15) is 6.10 Å². The van der Waals surface area contributed by atoms with Crippen molar-refractivity contribution in [2.75, 3.05) is 0 Å². The smallest absolute Gasteiger partial charge is 0.338 e. The molecule has 1 saturated heterocycles. The van der Waals surface area contributed by atoms with Crippen molar-refractivity contribution in [2.24, 2.45) is 0 Å². The quantitative estimate of drug-likeness (QED) is 0.848. The molecule has 1 N–H and O–H groups in total. The number of hydrogen-bond acceptors (Lipinski definition) is 6. The van der Waals surface area contributed by atoms with Gasteiger partial charge in [-0.3, -0.25) is 0 Å². The normalized spacial score (nSPS) is 25.3. The molecule has 136 valence electrons. The zero-order valence-corrected chi connectivity index (χ0v) is 14.3. The molecule has 2 aromatic rings. The third-order valence-corrected chi connectivity index (χ3v) is 4.16. The zero-order valence-electron chi connectivity index (χ0n) is 14.3. The van der Waals surface area contributed by atoms with Crippen molar-refractivity contribution in [3.63, 3.8) is 0 Å². The van der Waals surface area contributed by atoms with Crippen LogP contribution >= 0.6 is 0 Å². The average Bonchev–Trinajstić information content (AvgIpc) is 2.65. The van der Waals surface area contributed by atoms with E-state index in [1.807, 2.05) is 0 Å². The van der Waals surface area contributed by atoms with Gasteiger partial charge in [0, 0.05) is 6.42 Å². The van der Waals surface area contributed by atoms with E-state index in [4.69, 9.17) is 14.2 Å². The third-order valence-electron chi connectivity index (χ3n) is 4.16. The van der Waals surface area contributed by atoms with Crippen molar-refractivity contribution in [1.82, 2.24) is 0 Å². The molecule has 0 amide bonds. The van der Waals surface area contributed by atoms with E-state index >= 15 is 0 Å². The minimum Gasteiger partial charge on any atom is -0.455 e. The van der Waals surface area contributed by atoms with Crippen LogP contribution in [-0.2, 0) is 14.2 Å². The lowest BCUT2D eigenvalue weighted by Gasteiger charge is -2.37. The van der Waals surface area contributed by atoms with Crippen LogP contribution in [0.1, 0.15) is 34.1 Å². The number of carbonyl (C=O) groups excluding carboxylic acids is 2. The molecule has 0 radical (unpaired) electrons. The van der Waals surface area contributed by atoms with Gasteiger partial charge in [0.2, 0.25) is 0 Å². The number of benzene rings is 2.